The zero-order chi connectivity index (χ0) is 13.5. The van der Waals surface area contributed by atoms with E-state index < -0.39 is 9.84 Å². The van der Waals surface area contributed by atoms with E-state index in [1.165, 1.54) is 12.1 Å². The Morgan fingerprint density at radius 2 is 1.58 bits per heavy atom. The Morgan fingerprint density at radius 1 is 0.895 bits per heavy atom. The lowest BCUT2D eigenvalue weighted by molar-refractivity contribution is 0.468. The van der Waals surface area contributed by atoms with E-state index in [4.69, 9.17) is 0 Å². The second kappa shape index (κ2) is 4.38. The number of rotatable bonds is 2. The number of phenolic OH excluding ortho intramolecular Hbond substituents is 1. The monoisotopic (exact) mass is 274 g/mol. The Hall–Kier alpha value is -1.81. The van der Waals surface area contributed by atoms with Gasteiger partial charge in [-0.05, 0) is 54.7 Å². The van der Waals surface area contributed by atoms with Crippen molar-refractivity contribution in [1.82, 2.24) is 0 Å². The van der Waals surface area contributed by atoms with Crippen LogP contribution in [0.25, 0.3) is 0 Å². The molecule has 0 aromatic heterocycles. The first-order valence-corrected chi connectivity index (χ1v) is 7.73. The van der Waals surface area contributed by atoms with Gasteiger partial charge in [-0.3, -0.25) is 0 Å². The zero-order valence-electron chi connectivity index (χ0n) is 10.3. The fourth-order valence-electron chi connectivity index (χ4n) is 2.63. The first-order chi connectivity index (χ1) is 9.10. The molecule has 1 aliphatic rings. The maximum Gasteiger partial charge on any atom is 0.206 e. The molecule has 1 aliphatic carbocycles. The summed E-state index contributed by atoms with van der Waals surface area (Å²) in [5, 5.41) is 9.80. The minimum atomic E-state index is -3.49. The minimum absolute atomic E-state index is 0.208. The third-order valence-electron chi connectivity index (χ3n) is 3.56. The van der Waals surface area contributed by atoms with Crippen LogP contribution < -0.4 is 0 Å². The highest BCUT2D eigenvalue weighted by Crippen LogP contribution is 2.36. The number of aromatic hydroxyl groups is 1. The largest absolute Gasteiger partial charge is 0.508 e. The summed E-state index contributed by atoms with van der Waals surface area (Å²) >= 11 is 0. The lowest BCUT2D eigenvalue weighted by Crippen LogP contribution is -2.05. The molecule has 0 bridgehead atoms. The topological polar surface area (TPSA) is 54.4 Å². The molecule has 3 rings (SSSR count). The molecule has 98 valence electrons. The van der Waals surface area contributed by atoms with Crippen LogP contribution >= 0.6 is 0 Å². The third-order valence-corrected chi connectivity index (χ3v) is 5.41. The van der Waals surface area contributed by atoms with Gasteiger partial charge in [0.15, 0.2) is 0 Å². The number of hydrogen-bond acceptors (Lipinski definition) is 3. The lowest BCUT2D eigenvalue weighted by Gasteiger charge is -2.11. The van der Waals surface area contributed by atoms with Crippen molar-refractivity contribution in [2.45, 2.75) is 29.1 Å². The van der Waals surface area contributed by atoms with Crippen molar-refractivity contribution in [3.63, 3.8) is 0 Å². The summed E-state index contributed by atoms with van der Waals surface area (Å²) in [4.78, 5) is 0.638. The molecule has 0 atom stereocenters. The zero-order valence-corrected chi connectivity index (χ0v) is 11.2. The van der Waals surface area contributed by atoms with Crippen molar-refractivity contribution in [2.24, 2.45) is 0 Å². The van der Waals surface area contributed by atoms with E-state index in [-0.39, 0.29) is 5.75 Å². The van der Waals surface area contributed by atoms with Crippen molar-refractivity contribution in [2.75, 3.05) is 0 Å². The lowest BCUT2D eigenvalue weighted by atomic mass is 10.1. The smallest absolute Gasteiger partial charge is 0.206 e. The molecule has 0 saturated carbocycles. The van der Waals surface area contributed by atoms with Crippen LogP contribution in [0.4, 0.5) is 0 Å². The molecule has 0 amide bonds. The predicted octanol–water partition coefficient (Wildman–Crippen LogP) is 2.71. The molecule has 0 heterocycles. The third kappa shape index (κ3) is 1.92. The second-order valence-corrected chi connectivity index (χ2v) is 6.63. The summed E-state index contributed by atoms with van der Waals surface area (Å²) in [7, 11) is -3.49. The van der Waals surface area contributed by atoms with E-state index in [2.05, 4.69) is 0 Å². The van der Waals surface area contributed by atoms with Crippen LogP contribution in [-0.4, -0.2) is 13.5 Å². The SMILES string of the molecule is O=S(=O)(c1ccccc1)c1ccc(O)c2c1CCC2. The standard InChI is InChI=1S/C15H14O3S/c16-14-9-10-15(13-8-4-7-12(13)14)19(17,18)11-5-2-1-3-6-11/h1-3,5-6,9-10,16H,4,7-8H2. The summed E-state index contributed by atoms with van der Waals surface area (Å²) in [6.07, 6.45) is 2.36. The molecule has 19 heavy (non-hydrogen) atoms. The second-order valence-electron chi connectivity index (χ2n) is 4.71. The highest BCUT2D eigenvalue weighted by molar-refractivity contribution is 7.91. The highest BCUT2D eigenvalue weighted by Gasteiger charge is 2.26. The number of hydrogen-bond donors (Lipinski definition) is 1. The van der Waals surface area contributed by atoms with E-state index in [1.54, 1.807) is 30.3 Å². The van der Waals surface area contributed by atoms with Gasteiger partial charge in [0.05, 0.1) is 9.79 Å². The Bertz CT molecular complexity index is 719. The van der Waals surface area contributed by atoms with Crippen LogP contribution in [0.3, 0.4) is 0 Å². The van der Waals surface area contributed by atoms with Crippen LogP contribution in [0.5, 0.6) is 5.75 Å². The van der Waals surface area contributed by atoms with Crippen molar-refractivity contribution in [3.05, 3.63) is 53.6 Å². The fraction of sp³-hybridized carbons (Fsp3) is 0.200. The van der Waals surface area contributed by atoms with Crippen molar-refractivity contribution >= 4 is 9.84 Å². The number of fused-ring (bicyclic) bond motifs is 1. The van der Waals surface area contributed by atoms with Crippen LogP contribution in [0.15, 0.2) is 52.3 Å². The Kier molecular flexibility index (Phi) is 2.82. The molecule has 0 fully saturated rings. The van der Waals surface area contributed by atoms with E-state index in [0.717, 1.165) is 24.0 Å². The van der Waals surface area contributed by atoms with Crippen molar-refractivity contribution < 1.29 is 13.5 Å². The van der Waals surface area contributed by atoms with E-state index in [9.17, 15) is 13.5 Å². The number of benzene rings is 2. The van der Waals surface area contributed by atoms with Gasteiger partial charge in [-0.2, -0.15) is 0 Å². The van der Waals surface area contributed by atoms with Crippen LogP contribution in [0.1, 0.15) is 17.5 Å². The molecular weight excluding hydrogens is 260 g/mol. The predicted molar refractivity (Wildman–Crippen MR) is 72.0 cm³/mol. The van der Waals surface area contributed by atoms with Crippen LogP contribution in [0, 0.1) is 0 Å². The van der Waals surface area contributed by atoms with Gasteiger partial charge in [-0.25, -0.2) is 8.42 Å². The van der Waals surface area contributed by atoms with E-state index in [1.807, 2.05) is 0 Å². The normalized spacial score (nSPS) is 14.3. The average Bonchev–Trinajstić information content (AvgIpc) is 2.90. The van der Waals surface area contributed by atoms with Gasteiger partial charge in [-0.15, -0.1) is 0 Å². The van der Waals surface area contributed by atoms with Crippen LogP contribution in [0.2, 0.25) is 0 Å². The Balaban J connectivity index is 2.22. The van der Waals surface area contributed by atoms with Gasteiger partial charge in [0.1, 0.15) is 5.75 Å². The van der Waals surface area contributed by atoms with Gasteiger partial charge >= 0.3 is 0 Å². The maximum atomic E-state index is 12.6. The summed E-state index contributed by atoms with van der Waals surface area (Å²) in [6, 6.07) is 11.4. The average molecular weight is 274 g/mol. The molecule has 0 aliphatic heterocycles. The molecule has 3 nitrogen and oxygen atoms in total. The minimum Gasteiger partial charge on any atom is -0.508 e. The molecule has 1 N–H and O–H groups in total. The van der Waals surface area contributed by atoms with Gasteiger partial charge in [0.25, 0.3) is 0 Å². The number of sulfone groups is 1. The molecule has 2 aromatic carbocycles. The molecule has 0 unspecified atom stereocenters. The summed E-state index contributed by atoms with van der Waals surface area (Å²) in [6.45, 7) is 0. The molecule has 2 aromatic rings. The molecular formula is C15H14O3S. The molecule has 0 radical (unpaired) electrons. The maximum absolute atomic E-state index is 12.6. The van der Waals surface area contributed by atoms with Crippen LogP contribution in [-0.2, 0) is 22.7 Å². The first kappa shape index (κ1) is 12.2. The van der Waals surface area contributed by atoms with Gasteiger partial charge < -0.3 is 5.11 Å². The number of phenols is 1. The van der Waals surface area contributed by atoms with Crippen molar-refractivity contribution in [1.29, 1.82) is 0 Å². The Morgan fingerprint density at radius 3 is 2.32 bits per heavy atom. The summed E-state index contributed by atoms with van der Waals surface area (Å²) in [5.41, 5.74) is 1.57. The fourth-order valence-corrected chi connectivity index (χ4v) is 4.20. The Labute approximate surface area is 112 Å². The van der Waals surface area contributed by atoms with Gasteiger partial charge in [0.2, 0.25) is 9.84 Å². The molecule has 4 heteroatoms. The molecule has 0 saturated heterocycles. The first-order valence-electron chi connectivity index (χ1n) is 6.24. The summed E-state index contributed by atoms with van der Waals surface area (Å²) in [5.74, 6) is 0.208. The summed E-state index contributed by atoms with van der Waals surface area (Å²) < 4.78 is 25.2. The van der Waals surface area contributed by atoms with E-state index >= 15 is 0 Å². The highest BCUT2D eigenvalue weighted by atomic mass is 32.2. The quantitative estimate of drug-likeness (QED) is 0.916. The van der Waals surface area contributed by atoms with E-state index in [0.29, 0.717) is 16.2 Å². The van der Waals surface area contributed by atoms with Crippen molar-refractivity contribution in [3.8, 4) is 5.75 Å². The van der Waals surface area contributed by atoms with Gasteiger partial charge in [-0.1, -0.05) is 18.2 Å². The molecule has 0 spiro atoms. The van der Waals surface area contributed by atoms with Gasteiger partial charge in [0, 0.05) is 0 Å².